The third kappa shape index (κ3) is 3.84. The van der Waals surface area contributed by atoms with Crippen LogP contribution in [0.1, 0.15) is 42.6 Å². The molecule has 178 valence electrons. The molecule has 1 spiro atoms. The summed E-state index contributed by atoms with van der Waals surface area (Å²) in [5.41, 5.74) is 6.72. The van der Waals surface area contributed by atoms with Gasteiger partial charge < -0.3 is 16.0 Å². The number of amides is 2. The summed E-state index contributed by atoms with van der Waals surface area (Å²) in [5.74, 6) is -0.558. The maximum absolute atomic E-state index is 13.3. The molecule has 1 fully saturated rings. The highest BCUT2D eigenvalue weighted by Crippen LogP contribution is 2.44. The van der Waals surface area contributed by atoms with E-state index in [1.54, 1.807) is 17.3 Å². The number of anilines is 1. The molecule has 0 radical (unpaired) electrons. The molecule has 0 aromatic carbocycles. The molecule has 3 aromatic heterocycles. The maximum atomic E-state index is 13.3. The van der Waals surface area contributed by atoms with Gasteiger partial charge in [-0.2, -0.15) is 18.3 Å². The second-order valence-electron chi connectivity index (χ2n) is 8.95. The Morgan fingerprint density at radius 1 is 1.24 bits per heavy atom. The van der Waals surface area contributed by atoms with Crippen molar-refractivity contribution in [3.63, 3.8) is 0 Å². The number of hydrogen-bond donors (Lipinski definition) is 2. The average molecular weight is 471 g/mol. The first-order valence-electron chi connectivity index (χ1n) is 11.0. The van der Waals surface area contributed by atoms with Crippen molar-refractivity contribution >= 4 is 11.8 Å². The van der Waals surface area contributed by atoms with Crippen molar-refractivity contribution in [2.24, 2.45) is 0 Å². The number of nitrogens with two attached hydrogens (primary N) is 1. The lowest BCUT2D eigenvalue weighted by molar-refractivity contribution is -0.137. The van der Waals surface area contributed by atoms with Crippen LogP contribution in [-0.4, -0.2) is 43.8 Å². The number of nitrogen functional groups attached to an aromatic ring is 1. The van der Waals surface area contributed by atoms with Gasteiger partial charge in [-0.05, 0) is 43.5 Å². The molecule has 0 bridgehead atoms. The van der Waals surface area contributed by atoms with E-state index >= 15 is 0 Å². The topological polar surface area (TPSA) is 102 Å². The summed E-state index contributed by atoms with van der Waals surface area (Å²) in [6, 6.07) is 6.22. The predicted molar refractivity (Wildman–Crippen MR) is 119 cm³/mol. The molecular weight excluding hydrogens is 447 g/mol. The Kier molecular flexibility index (Phi) is 5.22. The molecule has 3 aromatic rings. The molecule has 1 saturated heterocycles. The van der Waals surface area contributed by atoms with Crippen LogP contribution in [-0.2, 0) is 18.1 Å². The Morgan fingerprint density at radius 2 is 2.03 bits per heavy atom. The highest BCUT2D eigenvalue weighted by atomic mass is 19.4. The van der Waals surface area contributed by atoms with E-state index in [-0.39, 0.29) is 23.1 Å². The van der Waals surface area contributed by atoms with Crippen molar-refractivity contribution in [3.8, 4) is 11.3 Å². The van der Waals surface area contributed by atoms with E-state index < -0.39 is 17.6 Å². The molecule has 2 aliphatic rings. The van der Waals surface area contributed by atoms with Gasteiger partial charge >= 0.3 is 12.2 Å². The Balaban J connectivity index is 1.34. The molecule has 0 saturated carbocycles. The molecule has 2 unspecified atom stereocenters. The third-order valence-electron chi connectivity index (χ3n) is 6.81. The lowest BCUT2D eigenvalue weighted by Gasteiger charge is -2.25. The second-order valence-corrected chi connectivity index (χ2v) is 8.95. The van der Waals surface area contributed by atoms with E-state index in [4.69, 9.17) is 5.73 Å². The zero-order chi connectivity index (χ0) is 24.1. The van der Waals surface area contributed by atoms with Crippen LogP contribution in [0.5, 0.6) is 0 Å². The summed E-state index contributed by atoms with van der Waals surface area (Å²) in [4.78, 5) is 22.5. The zero-order valence-electron chi connectivity index (χ0n) is 18.5. The van der Waals surface area contributed by atoms with E-state index in [1.807, 2.05) is 29.8 Å². The number of fused-ring (bicyclic) bond motifs is 2. The maximum Gasteiger partial charge on any atom is 0.419 e. The average Bonchev–Trinajstić information content (AvgIpc) is 3.51. The van der Waals surface area contributed by atoms with Crippen molar-refractivity contribution in [2.45, 2.75) is 43.9 Å². The molecule has 2 atom stereocenters. The number of urea groups is 1. The molecular formula is C23H24F3N7O. The summed E-state index contributed by atoms with van der Waals surface area (Å²) in [7, 11) is 0. The number of likely N-dealkylation sites (tertiary alicyclic amines) is 1. The van der Waals surface area contributed by atoms with E-state index in [1.165, 1.54) is 6.20 Å². The SMILES string of the molecule is CC(NC(=O)N1CCC2(CCn3nc(-c4cnc(N)c(C(F)(F)F)c4)cc32)C1)c1cccnc1. The highest BCUT2D eigenvalue weighted by Gasteiger charge is 2.47. The van der Waals surface area contributed by atoms with E-state index in [0.29, 0.717) is 25.3 Å². The Hall–Kier alpha value is -3.63. The number of aromatic nitrogens is 4. The molecule has 5 heterocycles. The van der Waals surface area contributed by atoms with Crippen molar-refractivity contribution in [1.29, 1.82) is 0 Å². The number of alkyl halides is 3. The van der Waals surface area contributed by atoms with Crippen LogP contribution in [0, 0.1) is 0 Å². The predicted octanol–water partition coefficient (Wildman–Crippen LogP) is 3.76. The fourth-order valence-corrected chi connectivity index (χ4v) is 4.90. The van der Waals surface area contributed by atoms with Gasteiger partial charge in [-0.3, -0.25) is 9.67 Å². The summed E-state index contributed by atoms with van der Waals surface area (Å²) in [5, 5.41) is 7.56. The summed E-state index contributed by atoms with van der Waals surface area (Å²) >= 11 is 0. The lowest BCUT2D eigenvalue weighted by Crippen LogP contribution is -2.41. The number of carbonyl (C=O) groups is 1. The normalized spacial score (nSPS) is 20.5. The quantitative estimate of drug-likeness (QED) is 0.606. The van der Waals surface area contributed by atoms with Gasteiger partial charge in [0.15, 0.2) is 0 Å². The molecule has 3 N–H and O–H groups in total. The summed E-state index contributed by atoms with van der Waals surface area (Å²) in [6.45, 7) is 3.67. The number of rotatable bonds is 3. The van der Waals surface area contributed by atoms with Gasteiger partial charge in [0.2, 0.25) is 0 Å². The van der Waals surface area contributed by atoms with Gasteiger partial charge in [0.05, 0.1) is 17.3 Å². The van der Waals surface area contributed by atoms with E-state index in [0.717, 1.165) is 30.2 Å². The molecule has 2 amide bonds. The molecule has 2 aliphatic heterocycles. The Bertz CT molecular complexity index is 1230. The Morgan fingerprint density at radius 3 is 2.76 bits per heavy atom. The summed E-state index contributed by atoms with van der Waals surface area (Å²) in [6.07, 6.45) is 1.71. The minimum Gasteiger partial charge on any atom is -0.383 e. The smallest absolute Gasteiger partial charge is 0.383 e. The monoisotopic (exact) mass is 471 g/mol. The molecule has 5 rings (SSSR count). The van der Waals surface area contributed by atoms with E-state index in [9.17, 15) is 18.0 Å². The first-order chi connectivity index (χ1) is 16.2. The third-order valence-corrected chi connectivity index (χ3v) is 6.81. The fourth-order valence-electron chi connectivity index (χ4n) is 4.90. The Labute approximate surface area is 194 Å². The van der Waals surface area contributed by atoms with Crippen LogP contribution in [0.15, 0.2) is 42.9 Å². The standard InChI is InChI=1S/C23H24F3N7O/c1-14(15-3-2-6-28-11-15)30-21(34)32-7-4-22(13-32)5-8-33-19(22)10-18(31-33)16-9-17(23(24,25)26)20(27)29-12-16/h2-3,6,9-12,14H,4-5,7-8,13H2,1H3,(H2,27,29)(H,30,34). The summed E-state index contributed by atoms with van der Waals surface area (Å²) < 4.78 is 41.6. The van der Waals surface area contributed by atoms with Gasteiger partial charge in [-0.25, -0.2) is 9.78 Å². The van der Waals surface area contributed by atoms with Gasteiger partial charge in [-0.15, -0.1) is 0 Å². The van der Waals surface area contributed by atoms with Crippen molar-refractivity contribution in [2.75, 3.05) is 18.8 Å². The van der Waals surface area contributed by atoms with Crippen LogP contribution in [0.2, 0.25) is 0 Å². The largest absolute Gasteiger partial charge is 0.419 e. The van der Waals surface area contributed by atoms with Gasteiger partial charge in [-0.1, -0.05) is 6.07 Å². The van der Waals surface area contributed by atoms with Crippen LogP contribution >= 0.6 is 0 Å². The van der Waals surface area contributed by atoms with Crippen LogP contribution in [0.25, 0.3) is 11.3 Å². The van der Waals surface area contributed by atoms with E-state index in [2.05, 4.69) is 20.4 Å². The molecule has 11 heteroatoms. The first-order valence-corrected chi connectivity index (χ1v) is 11.0. The minimum absolute atomic E-state index is 0.149. The van der Waals surface area contributed by atoms with Crippen molar-refractivity contribution in [1.82, 2.24) is 30.0 Å². The fraction of sp³-hybridized carbons (Fsp3) is 0.391. The van der Waals surface area contributed by atoms with Crippen LogP contribution < -0.4 is 11.1 Å². The second kappa shape index (κ2) is 8.00. The van der Waals surface area contributed by atoms with Crippen molar-refractivity contribution < 1.29 is 18.0 Å². The number of pyridine rings is 2. The number of nitrogens with one attached hydrogen (secondary N) is 1. The minimum atomic E-state index is -4.59. The number of carbonyl (C=O) groups excluding carboxylic acids is 1. The number of hydrogen-bond acceptors (Lipinski definition) is 5. The molecule has 0 aliphatic carbocycles. The highest BCUT2D eigenvalue weighted by molar-refractivity contribution is 5.75. The van der Waals surface area contributed by atoms with Crippen LogP contribution in [0.4, 0.5) is 23.8 Å². The first kappa shape index (κ1) is 22.2. The lowest BCUT2D eigenvalue weighted by atomic mass is 9.82. The molecule has 34 heavy (non-hydrogen) atoms. The number of aryl methyl sites for hydroxylation is 1. The number of halogens is 3. The zero-order valence-corrected chi connectivity index (χ0v) is 18.5. The van der Waals surface area contributed by atoms with Gasteiger partial charge in [0.1, 0.15) is 5.82 Å². The number of nitrogens with zero attached hydrogens (tertiary/aromatic N) is 5. The van der Waals surface area contributed by atoms with Gasteiger partial charge in [0.25, 0.3) is 0 Å². The van der Waals surface area contributed by atoms with Crippen molar-refractivity contribution in [3.05, 3.63) is 59.7 Å². The molecule has 8 nitrogen and oxygen atoms in total. The van der Waals surface area contributed by atoms with Gasteiger partial charge in [0, 0.05) is 54.9 Å². The van der Waals surface area contributed by atoms with Crippen LogP contribution in [0.3, 0.4) is 0 Å².